The molecule has 0 bridgehead atoms. The van der Waals surface area contributed by atoms with Crippen molar-refractivity contribution in [3.8, 4) is 0 Å². The summed E-state index contributed by atoms with van der Waals surface area (Å²) in [4.78, 5) is 9.19. The van der Waals surface area contributed by atoms with E-state index in [1.54, 1.807) is 0 Å². The van der Waals surface area contributed by atoms with Crippen molar-refractivity contribution < 1.29 is 0 Å². The summed E-state index contributed by atoms with van der Waals surface area (Å²) in [5.74, 6) is 7.88. The van der Waals surface area contributed by atoms with Crippen LogP contribution in [-0.4, -0.2) is 16.0 Å². The van der Waals surface area contributed by atoms with Gasteiger partial charge in [0.25, 0.3) is 0 Å². The summed E-state index contributed by atoms with van der Waals surface area (Å²) in [6.07, 6.45) is 0. The predicted octanol–water partition coefficient (Wildman–Crippen LogP) is 3.21. The summed E-state index contributed by atoms with van der Waals surface area (Å²) in [5.41, 5.74) is 3.63. The van der Waals surface area contributed by atoms with Crippen molar-refractivity contribution in [3.05, 3.63) is 11.4 Å². The highest BCUT2D eigenvalue weighted by atomic mass is 15.3. The number of anilines is 2. The van der Waals surface area contributed by atoms with E-state index in [1.807, 2.05) is 6.92 Å². The van der Waals surface area contributed by atoms with Crippen molar-refractivity contribution in [2.75, 3.05) is 10.7 Å². The molecule has 1 aromatic heterocycles. The van der Waals surface area contributed by atoms with E-state index in [4.69, 9.17) is 5.84 Å². The Labute approximate surface area is 122 Å². The van der Waals surface area contributed by atoms with E-state index in [1.165, 1.54) is 0 Å². The lowest BCUT2D eigenvalue weighted by Gasteiger charge is -2.30. The van der Waals surface area contributed by atoms with Gasteiger partial charge in [-0.25, -0.2) is 15.8 Å². The van der Waals surface area contributed by atoms with Gasteiger partial charge in [0, 0.05) is 17.0 Å². The Morgan fingerprint density at radius 3 is 1.90 bits per heavy atom. The predicted molar refractivity (Wildman–Crippen MR) is 85.8 cm³/mol. The highest BCUT2D eigenvalue weighted by Crippen LogP contribution is 2.28. The number of rotatable bonds is 3. The number of hydrogen-bond acceptors (Lipinski definition) is 5. The topological polar surface area (TPSA) is 75.9 Å². The number of hydrazine groups is 1. The van der Waals surface area contributed by atoms with Crippen LogP contribution in [0.4, 0.5) is 11.6 Å². The first-order valence-corrected chi connectivity index (χ1v) is 7.09. The largest absolute Gasteiger partial charge is 0.367 e. The molecule has 1 aromatic rings. The van der Waals surface area contributed by atoms with E-state index >= 15 is 0 Å². The van der Waals surface area contributed by atoms with Crippen LogP contribution in [0.25, 0.3) is 0 Å². The molecule has 0 fully saturated rings. The first-order chi connectivity index (χ1) is 8.96. The SMILES string of the molecule is Cc1c(NN)nc(C(C)(C)C)nc1NC(C)C(C)(C)C. The maximum absolute atomic E-state index is 5.58. The normalized spacial score (nSPS) is 14.1. The smallest absolute Gasteiger partial charge is 0.148 e. The second kappa shape index (κ2) is 5.56. The van der Waals surface area contributed by atoms with Crippen LogP contribution in [0.5, 0.6) is 0 Å². The monoisotopic (exact) mass is 279 g/mol. The van der Waals surface area contributed by atoms with Gasteiger partial charge >= 0.3 is 0 Å². The van der Waals surface area contributed by atoms with Crippen molar-refractivity contribution in [3.63, 3.8) is 0 Å². The van der Waals surface area contributed by atoms with Crippen molar-refractivity contribution in [2.45, 2.75) is 66.8 Å². The number of nitrogen functional groups attached to an aromatic ring is 1. The summed E-state index contributed by atoms with van der Waals surface area (Å²) in [6.45, 7) is 17.0. The number of aromatic nitrogens is 2. The van der Waals surface area contributed by atoms with Crippen LogP contribution in [0.2, 0.25) is 0 Å². The van der Waals surface area contributed by atoms with E-state index < -0.39 is 0 Å². The molecular weight excluding hydrogens is 250 g/mol. The van der Waals surface area contributed by atoms with E-state index in [9.17, 15) is 0 Å². The number of hydrogen-bond donors (Lipinski definition) is 3. The van der Waals surface area contributed by atoms with Gasteiger partial charge in [-0.3, -0.25) is 0 Å². The summed E-state index contributed by atoms with van der Waals surface area (Å²) >= 11 is 0. The van der Waals surface area contributed by atoms with Crippen LogP contribution >= 0.6 is 0 Å². The van der Waals surface area contributed by atoms with E-state index in [0.717, 1.165) is 17.2 Å². The first kappa shape index (κ1) is 16.7. The molecule has 0 radical (unpaired) electrons. The van der Waals surface area contributed by atoms with E-state index in [0.29, 0.717) is 5.82 Å². The third kappa shape index (κ3) is 3.82. The van der Waals surface area contributed by atoms with Gasteiger partial charge < -0.3 is 10.7 Å². The molecular formula is C15H29N5. The molecule has 0 aliphatic rings. The van der Waals surface area contributed by atoms with Gasteiger partial charge in [-0.15, -0.1) is 0 Å². The van der Waals surface area contributed by atoms with Gasteiger partial charge in [0.2, 0.25) is 0 Å². The number of nitrogens with two attached hydrogens (primary N) is 1. The van der Waals surface area contributed by atoms with Crippen LogP contribution in [0, 0.1) is 12.3 Å². The molecule has 1 heterocycles. The first-order valence-electron chi connectivity index (χ1n) is 7.09. The van der Waals surface area contributed by atoms with Crippen LogP contribution in [0.1, 0.15) is 59.9 Å². The molecule has 1 atom stereocenters. The van der Waals surface area contributed by atoms with Gasteiger partial charge in [-0.2, -0.15) is 0 Å². The fourth-order valence-corrected chi connectivity index (χ4v) is 1.55. The zero-order valence-corrected chi connectivity index (χ0v) is 14.0. The molecule has 4 N–H and O–H groups in total. The standard InChI is InChI=1S/C15H29N5/c1-9-11(17-10(2)14(3,4)5)18-13(15(6,7)8)19-12(9)20-16/h10H,16H2,1-8H3,(H2,17,18,19,20). The molecule has 1 unspecified atom stereocenters. The van der Waals surface area contributed by atoms with Gasteiger partial charge in [0.15, 0.2) is 0 Å². The summed E-state index contributed by atoms with van der Waals surface area (Å²) in [6, 6.07) is 0.287. The van der Waals surface area contributed by atoms with Crippen molar-refractivity contribution in [1.82, 2.24) is 9.97 Å². The maximum Gasteiger partial charge on any atom is 0.148 e. The molecule has 0 spiro atoms. The van der Waals surface area contributed by atoms with Crippen LogP contribution < -0.4 is 16.6 Å². The summed E-state index contributed by atoms with van der Waals surface area (Å²) < 4.78 is 0. The molecule has 20 heavy (non-hydrogen) atoms. The second-order valence-corrected chi connectivity index (χ2v) is 7.50. The minimum absolute atomic E-state index is 0.124. The third-order valence-electron chi connectivity index (χ3n) is 3.61. The fraction of sp³-hybridized carbons (Fsp3) is 0.733. The molecule has 114 valence electrons. The van der Waals surface area contributed by atoms with Crippen molar-refractivity contribution in [2.24, 2.45) is 11.3 Å². The molecule has 5 nitrogen and oxygen atoms in total. The van der Waals surface area contributed by atoms with Gasteiger partial charge in [-0.1, -0.05) is 41.5 Å². The van der Waals surface area contributed by atoms with Crippen LogP contribution in [-0.2, 0) is 5.41 Å². The second-order valence-electron chi connectivity index (χ2n) is 7.50. The molecule has 0 amide bonds. The fourth-order valence-electron chi connectivity index (χ4n) is 1.55. The maximum atomic E-state index is 5.58. The third-order valence-corrected chi connectivity index (χ3v) is 3.61. The van der Waals surface area contributed by atoms with Crippen molar-refractivity contribution in [1.29, 1.82) is 0 Å². The molecule has 0 aliphatic heterocycles. The summed E-state index contributed by atoms with van der Waals surface area (Å²) in [7, 11) is 0. The zero-order valence-electron chi connectivity index (χ0n) is 14.0. The van der Waals surface area contributed by atoms with Crippen LogP contribution in [0.3, 0.4) is 0 Å². The van der Waals surface area contributed by atoms with Crippen molar-refractivity contribution >= 4 is 11.6 Å². The molecule has 5 heteroatoms. The van der Waals surface area contributed by atoms with Gasteiger partial charge in [0.05, 0.1) is 0 Å². The average Bonchev–Trinajstić information content (AvgIpc) is 2.28. The Morgan fingerprint density at radius 1 is 1.00 bits per heavy atom. The average molecular weight is 279 g/mol. The minimum atomic E-state index is -0.124. The van der Waals surface area contributed by atoms with Gasteiger partial charge in [0.1, 0.15) is 17.5 Å². The van der Waals surface area contributed by atoms with E-state index in [-0.39, 0.29) is 16.9 Å². The lowest BCUT2D eigenvalue weighted by molar-refractivity contribution is 0.358. The Balaban J connectivity index is 3.25. The van der Waals surface area contributed by atoms with Crippen LogP contribution in [0.15, 0.2) is 0 Å². The Bertz CT molecular complexity index is 468. The molecule has 0 aromatic carbocycles. The lowest BCUT2D eigenvalue weighted by atomic mass is 9.88. The highest BCUT2D eigenvalue weighted by Gasteiger charge is 2.24. The minimum Gasteiger partial charge on any atom is -0.367 e. The quantitative estimate of drug-likeness (QED) is 0.585. The number of nitrogens with one attached hydrogen (secondary N) is 2. The van der Waals surface area contributed by atoms with E-state index in [2.05, 4.69) is 69.2 Å². The molecule has 0 saturated carbocycles. The highest BCUT2D eigenvalue weighted by molar-refractivity contribution is 5.57. The molecule has 0 aliphatic carbocycles. The zero-order chi connectivity index (χ0) is 15.7. The Kier molecular flexibility index (Phi) is 4.64. The summed E-state index contributed by atoms with van der Waals surface area (Å²) in [5, 5.41) is 3.49. The lowest BCUT2D eigenvalue weighted by Crippen LogP contribution is -2.32. The van der Waals surface area contributed by atoms with Gasteiger partial charge in [-0.05, 0) is 19.3 Å². The Hall–Kier alpha value is -1.36. The number of nitrogens with zero attached hydrogens (tertiary/aromatic N) is 2. The molecule has 0 saturated heterocycles. The Morgan fingerprint density at radius 2 is 1.50 bits per heavy atom. The molecule has 1 rings (SSSR count).